The molecule has 0 N–H and O–H groups in total. The van der Waals surface area contributed by atoms with Crippen molar-refractivity contribution >= 4 is 23.4 Å². The minimum atomic E-state index is 0.0314. The minimum absolute atomic E-state index is 0.0314. The molecule has 6 heteroatoms. The summed E-state index contributed by atoms with van der Waals surface area (Å²) in [6.07, 6.45) is 0. The van der Waals surface area contributed by atoms with Gasteiger partial charge in [-0.05, 0) is 32.0 Å². The number of rotatable bonds is 6. The van der Waals surface area contributed by atoms with Crippen molar-refractivity contribution < 1.29 is 4.79 Å². The van der Waals surface area contributed by atoms with Crippen LogP contribution in [-0.4, -0.2) is 33.5 Å². The van der Waals surface area contributed by atoms with Crippen LogP contribution < -0.4 is 4.90 Å². The number of carbonyl (C=O) groups excluding carboxylic acids is 1. The van der Waals surface area contributed by atoms with Crippen LogP contribution in [0.15, 0.2) is 59.8 Å². The number of hydrogen-bond donors (Lipinski definition) is 0. The van der Waals surface area contributed by atoms with E-state index in [-0.39, 0.29) is 5.91 Å². The molecule has 3 rings (SSSR count). The Balaban J connectivity index is 1.73. The molecule has 0 atom stereocenters. The van der Waals surface area contributed by atoms with E-state index in [1.54, 1.807) is 11.9 Å². The average Bonchev–Trinajstić information content (AvgIpc) is 3.09. The van der Waals surface area contributed by atoms with Gasteiger partial charge in [0.2, 0.25) is 5.91 Å². The number of thioether (sulfide) groups is 1. The molecule has 0 spiro atoms. The van der Waals surface area contributed by atoms with E-state index < -0.39 is 0 Å². The average molecular weight is 366 g/mol. The second-order valence-electron chi connectivity index (χ2n) is 6.00. The Bertz CT molecular complexity index is 892. The van der Waals surface area contributed by atoms with E-state index in [9.17, 15) is 4.79 Å². The van der Waals surface area contributed by atoms with Crippen LogP contribution in [0.2, 0.25) is 0 Å². The van der Waals surface area contributed by atoms with Gasteiger partial charge in [0, 0.05) is 24.8 Å². The van der Waals surface area contributed by atoms with E-state index in [0.29, 0.717) is 5.75 Å². The van der Waals surface area contributed by atoms with E-state index in [1.165, 1.54) is 17.3 Å². The Labute approximate surface area is 158 Å². The monoisotopic (exact) mass is 366 g/mol. The quantitative estimate of drug-likeness (QED) is 0.618. The largest absolute Gasteiger partial charge is 0.315 e. The van der Waals surface area contributed by atoms with Crippen LogP contribution in [0.5, 0.6) is 0 Å². The number of aryl methyl sites for hydroxylation is 1. The van der Waals surface area contributed by atoms with Crippen LogP contribution >= 0.6 is 11.8 Å². The zero-order chi connectivity index (χ0) is 18.5. The molecular weight excluding hydrogens is 344 g/mol. The first-order valence-electron chi connectivity index (χ1n) is 8.54. The lowest BCUT2D eigenvalue weighted by Gasteiger charge is -2.16. The maximum atomic E-state index is 12.5. The van der Waals surface area contributed by atoms with Crippen LogP contribution in [-0.2, 0) is 11.3 Å². The van der Waals surface area contributed by atoms with Crippen molar-refractivity contribution in [3.8, 4) is 11.4 Å². The molecule has 2 aromatic carbocycles. The molecule has 0 aliphatic heterocycles. The summed E-state index contributed by atoms with van der Waals surface area (Å²) in [6, 6.07) is 17.8. The number of anilines is 1. The van der Waals surface area contributed by atoms with E-state index >= 15 is 0 Å². The Kier molecular flexibility index (Phi) is 5.73. The Morgan fingerprint density at radius 1 is 1.12 bits per heavy atom. The first-order chi connectivity index (χ1) is 12.6. The van der Waals surface area contributed by atoms with Crippen molar-refractivity contribution in [3.63, 3.8) is 0 Å². The molecule has 3 aromatic rings. The molecule has 1 amide bonds. The second kappa shape index (κ2) is 8.19. The molecule has 1 aromatic heterocycles. The van der Waals surface area contributed by atoms with Gasteiger partial charge in [-0.25, -0.2) is 0 Å². The molecule has 1 heterocycles. The van der Waals surface area contributed by atoms with Gasteiger partial charge in [-0.15, -0.1) is 10.2 Å². The summed E-state index contributed by atoms with van der Waals surface area (Å²) >= 11 is 1.42. The molecule has 0 unspecified atom stereocenters. The predicted octanol–water partition coefficient (Wildman–Crippen LogP) is 4.03. The second-order valence-corrected chi connectivity index (χ2v) is 6.94. The van der Waals surface area contributed by atoms with E-state index in [4.69, 9.17) is 0 Å². The van der Waals surface area contributed by atoms with Gasteiger partial charge in [-0.1, -0.05) is 53.7 Å². The minimum Gasteiger partial charge on any atom is -0.315 e. The van der Waals surface area contributed by atoms with Crippen LogP contribution in [0.25, 0.3) is 11.4 Å². The first-order valence-corrected chi connectivity index (χ1v) is 9.53. The van der Waals surface area contributed by atoms with E-state index in [0.717, 1.165) is 28.8 Å². The van der Waals surface area contributed by atoms with Gasteiger partial charge in [-0.2, -0.15) is 0 Å². The molecule has 0 bridgehead atoms. The van der Waals surface area contributed by atoms with Gasteiger partial charge in [0.15, 0.2) is 11.0 Å². The lowest BCUT2D eigenvalue weighted by molar-refractivity contribution is -0.115. The molecule has 5 nitrogen and oxygen atoms in total. The highest BCUT2D eigenvalue weighted by Crippen LogP contribution is 2.25. The van der Waals surface area contributed by atoms with Crippen molar-refractivity contribution in [3.05, 3.63) is 60.2 Å². The maximum absolute atomic E-state index is 12.5. The van der Waals surface area contributed by atoms with Crippen molar-refractivity contribution in [2.45, 2.75) is 25.5 Å². The van der Waals surface area contributed by atoms with Crippen molar-refractivity contribution in [1.29, 1.82) is 0 Å². The number of hydrogen-bond acceptors (Lipinski definition) is 4. The van der Waals surface area contributed by atoms with Gasteiger partial charge in [0.1, 0.15) is 0 Å². The number of nitrogens with zero attached hydrogens (tertiary/aromatic N) is 4. The summed E-state index contributed by atoms with van der Waals surface area (Å²) in [4.78, 5) is 14.2. The zero-order valence-corrected chi connectivity index (χ0v) is 16.0. The number of benzene rings is 2. The van der Waals surface area contributed by atoms with Gasteiger partial charge in [0.05, 0.1) is 5.75 Å². The normalized spacial score (nSPS) is 10.7. The number of aromatic nitrogens is 3. The van der Waals surface area contributed by atoms with Gasteiger partial charge in [0.25, 0.3) is 0 Å². The van der Waals surface area contributed by atoms with Crippen LogP contribution in [0.4, 0.5) is 5.69 Å². The number of carbonyl (C=O) groups is 1. The summed E-state index contributed by atoms with van der Waals surface area (Å²) in [6.45, 7) is 4.87. The lowest BCUT2D eigenvalue weighted by Crippen LogP contribution is -2.27. The highest BCUT2D eigenvalue weighted by atomic mass is 32.2. The lowest BCUT2D eigenvalue weighted by atomic mass is 10.1. The summed E-state index contributed by atoms with van der Waals surface area (Å²) < 4.78 is 2.05. The molecule has 0 aliphatic rings. The van der Waals surface area contributed by atoms with Crippen LogP contribution in [0.1, 0.15) is 12.5 Å². The molecule has 0 radical (unpaired) electrons. The van der Waals surface area contributed by atoms with Crippen molar-refractivity contribution in [2.75, 3.05) is 17.7 Å². The summed E-state index contributed by atoms with van der Waals surface area (Å²) in [7, 11) is 1.79. The first kappa shape index (κ1) is 18.2. The molecule has 134 valence electrons. The fraction of sp³-hybridized carbons (Fsp3) is 0.250. The van der Waals surface area contributed by atoms with Gasteiger partial charge < -0.3 is 9.47 Å². The summed E-state index contributed by atoms with van der Waals surface area (Å²) in [5, 5.41) is 9.41. The summed E-state index contributed by atoms with van der Waals surface area (Å²) in [5.41, 5.74) is 3.11. The van der Waals surface area contributed by atoms with Crippen molar-refractivity contribution in [1.82, 2.24) is 14.8 Å². The third kappa shape index (κ3) is 3.96. The molecule has 0 saturated carbocycles. The van der Waals surface area contributed by atoms with Crippen LogP contribution in [0.3, 0.4) is 0 Å². The smallest absolute Gasteiger partial charge is 0.237 e. The molecule has 0 aliphatic carbocycles. The fourth-order valence-electron chi connectivity index (χ4n) is 2.70. The SMILES string of the molecule is CCn1c(SCC(=O)N(C)c2ccccc2)nnc1-c1cccc(C)c1. The Morgan fingerprint density at radius 2 is 1.88 bits per heavy atom. The predicted molar refractivity (Wildman–Crippen MR) is 106 cm³/mol. The fourth-order valence-corrected chi connectivity index (χ4v) is 3.61. The molecule has 26 heavy (non-hydrogen) atoms. The van der Waals surface area contributed by atoms with E-state index in [2.05, 4.69) is 40.7 Å². The molecule has 0 fully saturated rings. The maximum Gasteiger partial charge on any atom is 0.237 e. The third-order valence-corrected chi connectivity index (χ3v) is 5.10. The Morgan fingerprint density at radius 3 is 2.58 bits per heavy atom. The molecular formula is C20H22N4OS. The zero-order valence-electron chi connectivity index (χ0n) is 15.2. The highest BCUT2D eigenvalue weighted by Gasteiger charge is 2.16. The van der Waals surface area contributed by atoms with Crippen LogP contribution in [0, 0.1) is 6.92 Å². The standard InChI is InChI=1S/C20H22N4OS/c1-4-24-19(16-10-8-9-15(2)13-16)21-22-20(24)26-14-18(25)23(3)17-11-6-5-7-12-17/h5-13H,4,14H2,1-3H3. The van der Waals surface area contributed by atoms with Gasteiger partial charge in [-0.3, -0.25) is 4.79 Å². The van der Waals surface area contributed by atoms with E-state index in [1.807, 2.05) is 42.5 Å². The highest BCUT2D eigenvalue weighted by molar-refractivity contribution is 7.99. The number of para-hydroxylation sites is 1. The third-order valence-electron chi connectivity index (χ3n) is 4.15. The number of amides is 1. The Hall–Kier alpha value is -2.60. The molecule has 0 saturated heterocycles. The van der Waals surface area contributed by atoms with Gasteiger partial charge >= 0.3 is 0 Å². The van der Waals surface area contributed by atoms with Crippen molar-refractivity contribution in [2.24, 2.45) is 0 Å². The topological polar surface area (TPSA) is 51.0 Å². The summed E-state index contributed by atoms with van der Waals surface area (Å²) in [5.74, 6) is 1.18.